The van der Waals surface area contributed by atoms with Crippen molar-refractivity contribution in [3.63, 3.8) is 0 Å². The van der Waals surface area contributed by atoms with Gasteiger partial charge in [-0.05, 0) is 128 Å². The summed E-state index contributed by atoms with van der Waals surface area (Å²) in [6.07, 6.45) is 7.28. The van der Waals surface area contributed by atoms with E-state index in [0.29, 0.717) is 24.9 Å². The number of fused-ring (bicyclic) bond motifs is 8. The number of nitrogens with zero attached hydrogens (tertiary/aromatic N) is 5. The summed E-state index contributed by atoms with van der Waals surface area (Å²) < 4.78 is 15.3. The Bertz CT molecular complexity index is 3050. The highest BCUT2D eigenvalue weighted by Gasteiger charge is 2.33. The van der Waals surface area contributed by atoms with Crippen LogP contribution in [0.15, 0.2) is 118 Å². The van der Waals surface area contributed by atoms with Crippen LogP contribution in [0.2, 0.25) is 0 Å². The first-order valence-corrected chi connectivity index (χ1v) is 23.9. The Balaban J connectivity index is 0.000000127. The Kier molecular flexibility index (Phi) is 12.3. The number of carbonyl (C=O) groups excluding carboxylic acids is 2. The molecule has 8 heterocycles. The fraction of sp³-hybridized carbons (Fsp3) is 0.308. The molecule has 2 amide bonds. The number of nitrogens with one attached hydrogen (secondary N) is 1. The van der Waals surface area contributed by atoms with Crippen LogP contribution >= 0.6 is 31.9 Å². The number of aromatic nitrogens is 4. The predicted molar refractivity (Wildman–Crippen MR) is 261 cm³/mol. The number of carbonyl (C=O) groups is 2. The molecule has 12 rings (SSSR count). The van der Waals surface area contributed by atoms with Crippen molar-refractivity contribution in [2.75, 3.05) is 40.5 Å². The van der Waals surface area contributed by atoms with Gasteiger partial charge in [0.25, 0.3) is 11.8 Å². The summed E-state index contributed by atoms with van der Waals surface area (Å²) in [5.41, 5.74) is 12.2. The average Bonchev–Trinajstić information content (AvgIpc) is 4.02. The third-order valence-corrected chi connectivity index (χ3v) is 14.3. The number of hydrogen-bond donors (Lipinski definition) is 2. The fourth-order valence-corrected chi connectivity index (χ4v) is 10.8. The Morgan fingerprint density at radius 2 is 1.17 bits per heavy atom. The number of halogens is 2. The monoisotopic (exact) mass is 996 g/mol. The van der Waals surface area contributed by atoms with Gasteiger partial charge in [0, 0.05) is 102 Å². The van der Waals surface area contributed by atoms with Gasteiger partial charge in [0.15, 0.2) is 0 Å². The van der Waals surface area contributed by atoms with Gasteiger partial charge < -0.3 is 33.9 Å². The normalized spacial score (nSPS) is 17.6. The topological polar surface area (TPSA) is 126 Å². The number of pyridine rings is 2. The van der Waals surface area contributed by atoms with Crippen LogP contribution in [0.5, 0.6) is 0 Å². The molecule has 0 aliphatic carbocycles. The lowest BCUT2D eigenvalue weighted by Gasteiger charge is -2.33. The molecule has 0 radical (unpaired) electrons. The zero-order valence-corrected chi connectivity index (χ0v) is 39.5. The maximum atomic E-state index is 12.7. The number of rotatable bonds is 5. The molecule has 0 unspecified atom stereocenters. The van der Waals surface area contributed by atoms with Crippen LogP contribution in [0.3, 0.4) is 0 Å². The molecule has 11 nitrogen and oxygen atoms in total. The summed E-state index contributed by atoms with van der Waals surface area (Å²) in [6, 6.07) is 33.3. The molecule has 2 fully saturated rings. The molecular formula is C52H50Br2N6O5. The van der Waals surface area contributed by atoms with Crippen molar-refractivity contribution in [1.29, 1.82) is 0 Å². The number of benzene rings is 4. The third-order valence-electron chi connectivity index (χ3n) is 13.4. The zero-order valence-electron chi connectivity index (χ0n) is 36.3. The smallest absolute Gasteiger partial charge is 0.254 e. The van der Waals surface area contributed by atoms with E-state index in [-0.39, 0.29) is 24.0 Å². The van der Waals surface area contributed by atoms with Crippen molar-refractivity contribution in [3.8, 4) is 0 Å². The van der Waals surface area contributed by atoms with E-state index in [2.05, 4.69) is 101 Å². The molecular weight excluding hydrogens is 948 g/mol. The molecule has 2 N–H and O–H groups in total. The third kappa shape index (κ3) is 8.49. The second-order valence-electron chi connectivity index (χ2n) is 17.6. The quantitative estimate of drug-likeness (QED) is 0.176. The van der Waals surface area contributed by atoms with E-state index in [1.165, 1.54) is 5.56 Å². The van der Waals surface area contributed by atoms with Crippen LogP contribution in [-0.2, 0) is 22.6 Å². The lowest BCUT2D eigenvalue weighted by molar-refractivity contribution is 0.00719. The van der Waals surface area contributed by atoms with Crippen LogP contribution in [0.1, 0.15) is 80.8 Å². The molecule has 8 aromatic rings. The average molecular weight is 999 g/mol. The molecule has 0 saturated carbocycles. The molecule has 2 saturated heterocycles. The van der Waals surface area contributed by atoms with Crippen molar-refractivity contribution >= 4 is 87.5 Å². The summed E-state index contributed by atoms with van der Waals surface area (Å²) in [4.78, 5) is 40.9. The minimum absolute atomic E-state index is 0.0864. The number of aliphatic hydroxyl groups is 1. The van der Waals surface area contributed by atoms with Gasteiger partial charge in [-0.3, -0.25) is 19.6 Å². The number of hydrogen-bond acceptors (Lipinski definition) is 7. The van der Waals surface area contributed by atoms with E-state index >= 15 is 0 Å². The Hall–Kier alpha value is -5.44. The Labute approximate surface area is 394 Å². The number of aliphatic hydroxyl groups excluding tert-OH is 1. The molecule has 4 aromatic heterocycles. The summed E-state index contributed by atoms with van der Waals surface area (Å²) in [7, 11) is 3.69. The standard InChI is InChI=1S/C26H24BrN3O2.C14H10BrN3O.C12H16O2/c1-29-15-18-11-22-21(13-20(18)26(29)31)24-23(12-19(27)14-28-24)30(22)25(16-5-3-2-4-6-16)17-7-9-32-10-8-17;1-18-6-7-2-11-10(4-9(7)14(18)19)13-12(17-11)3-8(15)5-16-13;13-12(10-4-2-1-3-5-10)11-6-8-14-9-7-11/h2-6,11-14,17,25H,7-10,15H2,1H3;2-5,17H,6H2,1H3;1-5,11-13H,6-9H2/t25-;;12-/m1.0/s1. The van der Waals surface area contributed by atoms with Crippen LogP contribution in [0, 0.1) is 11.8 Å². The summed E-state index contributed by atoms with van der Waals surface area (Å²) in [6.45, 7) is 4.49. The van der Waals surface area contributed by atoms with Gasteiger partial charge in [-0.25, -0.2) is 0 Å². The van der Waals surface area contributed by atoms with Crippen molar-refractivity contribution in [3.05, 3.63) is 152 Å². The van der Waals surface area contributed by atoms with Gasteiger partial charge in [-0.2, -0.15) is 0 Å². The minimum Gasteiger partial charge on any atom is -0.388 e. The van der Waals surface area contributed by atoms with E-state index in [1.54, 1.807) is 16.0 Å². The van der Waals surface area contributed by atoms with Crippen LogP contribution in [0.25, 0.3) is 43.9 Å². The number of amides is 2. The molecule has 4 aromatic carbocycles. The van der Waals surface area contributed by atoms with Gasteiger partial charge in [0.2, 0.25) is 0 Å². The van der Waals surface area contributed by atoms with Crippen molar-refractivity contribution in [2.24, 2.45) is 11.8 Å². The first-order valence-electron chi connectivity index (χ1n) is 22.3. The van der Waals surface area contributed by atoms with Gasteiger partial charge in [0.1, 0.15) is 0 Å². The number of ether oxygens (including phenoxy) is 2. The molecule has 13 heteroatoms. The van der Waals surface area contributed by atoms with Gasteiger partial charge in [0.05, 0.1) is 39.7 Å². The predicted octanol–water partition coefficient (Wildman–Crippen LogP) is 10.8. The molecule has 65 heavy (non-hydrogen) atoms. The SMILES string of the molecule is CN1Cc2cc3[nH]c4cc(Br)cnc4c3cc2C1=O.CN1Cc2cc3c(cc2C1=O)c1ncc(Br)cc1n3[C@H](c1ccccc1)C1CCOCC1.O[C@@H](c1ccccc1)C1CCOCC1. The minimum atomic E-state index is -0.319. The van der Waals surface area contributed by atoms with E-state index < -0.39 is 0 Å². The van der Waals surface area contributed by atoms with Crippen molar-refractivity contribution in [1.82, 2.24) is 29.3 Å². The summed E-state index contributed by atoms with van der Waals surface area (Å²) >= 11 is 7.06. The van der Waals surface area contributed by atoms with E-state index in [9.17, 15) is 14.7 Å². The van der Waals surface area contributed by atoms with Gasteiger partial charge >= 0.3 is 0 Å². The molecule has 2 atom stereocenters. The highest BCUT2D eigenvalue weighted by atomic mass is 79.9. The van der Waals surface area contributed by atoms with Crippen molar-refractivity contribution < 1.29 is 24.2 Å². The second kappa shape index (κ2) is 18.4. The highest BCUT2D eigenvalue weighted by molar-refractivity contribution is 9.10. The van der Waals surface area contributed by atoms with Crippen molar-refractivity contribution in [2.45, 2.75) is 50.9 Å². The molecule has 0 bridgehead atoms. The summed E-state index contributed by atoms with van der Waals surface area (Å²) in [5.74, 6) is 1.000. The second-order valence-corrected chi connectivity index (χ2v) is 19.4. The largest absolute Gasteiger partial charge is 0.388 e. The lowest BCUT2D eigenvalue weighted by atomic mass is 9.86. The first-order chi connectivity index (χ1) is 31.6. The Morgan fingerprint density at radius 3 is 1.80 bits per heavy atom. The van der Waals surface area contributed by atoms with Crippen LogP contribution in [-0.4, -0.2) is 86.8 Å². The van der Waals surface area contributed by atoms with Gasteiger partial charge in [-0.15, -0.1) is 0 Å². The maximum absolute atomic E-state index is 12.7. The summed E-state index contributed by atoms with van der Waals surface area (Å²) in [5, 5.41) is 12.1. The number of H-pyrrole nitrogens is 1. The number of aromatic amines is 1. The van der Waals surface area contributed by atoms with E-state index in [1.807, 2.05) is 62.8 Å². The molecule has 4 aliphatic heterocycles. The first kappa shape index (κ1) is 43.5. The molecule has 4 aliphatic rings. The highest BCUT2D eigenvalue weighted by Crippen LogP contribution is 2.42. The van der Waals surface area contributed by atoms with E-state index in [4.69, 9.17) is 14.5 Å². The fourth-order valence-electron chi connectivity index (χ4n) is 10.1. The lowest BCUT2D eigenvalue weighted by Crippen LogP contribution is -2.26. The molecule has 0 spiro atoms. The van der Waals surface area contributed by atoms with Crippen LogP contribution in [0.4, 0.5) is 0 Å². The van der Waals surface area contributed by atoms with Gasteiger partial charge in [-0.1, -0.05) is 60.7 Å². The maximum Gasteiger partial charge on any atom is 0.254 e. The Morgan fingerprint density at radius 1 is 0.631 bits per heavy atom. The van der Waals surface area contributed by atoms with E-state index in [0.717, 1.165) is 133 Å². The molecule has 332 valence electrons. The van der Waals surface area contributed by atoms with Crippen LogP contribution < -0.4 is 0 Å². The zero-order chi connectivity index (χ0) is 44.8.